The molecule has 6 heteroatoms. The van der Waals surface area contributed by atoms with Gasteiger partial charge in [0.25, 0.3) is 5.69 Å². The Morgan fingerprint density at radius 2 is 2.00 bits per heavy atom. The molecule has 0 saturated heterocycles. The van der Waals surface area contributed by atoms with Crippen LogP contribution in [0.15, 0.2) is 24.3 Å². The van der Waals surface area contributed by atoms with Gasteiger partial charge in [-0.1, -0.05) is 6.92 Å². The standard InChI is InChI=1S/C11H13NO5/c1-2-3-11(13)17-8-16-10-6-4-9(5-7-10)12(14)15/h4-7H,2-3,8H2,1H3. The van der Waals surface area contributed by atoms with Crippen LogP contribution in [0.25, 0.3) is 0 Å². The van der Waals surface area contributed by atoms with Crippen LogP contribution >= 0.6 is 0 Å². The first-order chi connectivity index (χ1) is 8.13. The Labute approximate surface area is 98.3 Å². The molecule has 92 valence electrons. The first-order valence-corrected chi connectivity index (χ1v) is 5.16. The van der Waals surface area contributed by atoms with Crippen molar-refractivity contribution in [2.45, 2.75) is 19.8 Å². The van der Waals surface area contributed by atoms with Gasteiger partial charge < -0.3 is 9.47 Å². The first kappa shape index (κ1) is 13.0. The van der Waals surface area contributed by atoms with E-state index in [2.05, 4.69) is 0 Å². The van der Waals surface area contributed by atoms with Crippen LogP contribution in [0.2, 0.25) is 0 Å². The fraction of sp³-hybridized carbons (Fsp3) is 0.364. The molecular formula is C11H13NO5. The summed E-state index contributed by atoms with van der Waals surface area (Å²) in [5, 5.41) is 10.4. The Morgan fingerprint density at radius 1 is 1.35 bits per heavy atom. The zero-order chi connectivity index (χ0) is 12.7. The van der Waals surface area contributed by atoms with Crippen molar-refractivity contribution in [3.63, 3.8) is 0 Å². The fourth-order valence-corrected chi connectivity index (χ4v) is 1.10. The topological polar surface area (TPSA) is 78.7 Å². The Kier molecular flexibility index (Phi) is 4.93. The van der Waals surface area contributed by atoms with Crippen LogP contribution in [0.4, 0.5) is 5.69 Å². The molecule has 0 aliphatic heterocycles. The number of nitro benzene ring substituents is 1. The zero-order valence-corrected chi connectivity index (χ0v) is 9.42. The van der Waals surface area contributed by atoms with E-state index in [9.17, 15) is 14.9 Å². The van der Waals surface area contributed by atoms with Gasteiger partial charge in [0.15, 0.2) is 0 Å². The number of nitro groups is 1. The maximum Gasteiger partial charge on any atom is 0.308 e. The number of hydrogen-bond acceptors (Lipinski definition) is 5. The number of rotatable bonds is 6. The lowest BCUT2D eigenvalue weighted by Crippen LogP contribution is -2.09. The Balaban J connectivity index is 2.37. The number of non-ortho nitro benzene ring substituents is 1. The molecule has 1 aromatic carbocycles. The largest absolute Gasteiger partial charge is 0.457 e. The maximum absolute atomic E-state index is 11.0. The SMILES string of the molecule is CCCC(=O)OCOc1ccc([N+](=O)[O-])cc1. The quantitative estimate of drug-likeness (QED) is 0.329. The molecule has 0 saturated carbocycles. The van der Waals surface area contributed by atoms with E-state index in [4.69, 9.17) is 9.47 Å². The van der Waals surface area contributed by atoms with Crippen molar-refractivity contribution in [2.75, 3.05) is 6.79 Å². The summed E-state index contributed by atoms with van der Waals surface area (Å²) in [4.78, 5) is 20.9. The molecule has 0 aliphatic rings. The second kappa shape index (κ2) is 6.47. The number of esters is 1. The van der Waals surface area contributed by atoms with E-state index in [0.717, 1.165) is 6.42 Å². The number of carbonyl (C=O) groups is 1. The molecule has 0 aromatic heterocycles. The Bertz CT molecular complexity index is 387. The molecule has 0 radical (unpaired) electrons. The van der Waals surface area contributed by atoms with E-state index in [0.29, 0.717) is 12.2 Å². The summed E-state index contributed by atoms with van der Waals surface area (Å²) in [5.41, 5.74) is -0.0136. The number of nitrogens with zero attached hydrogens (tertiary/aromatic N) is 1. The van der Waals surface area contributed by atoms with Crippen LogP contribution < -0.4 is 4.74 Å². The molecular weight excluding hydrogens is 226 g/mol. The van der Waals surface area contributed by atoms with Gasteiger partial charge in [-0.05, 0) is 18.6 Å². The molecule has 0 heterocycles. The average molecular weight is 239 g/mol. The molecule has 6 nitrogen and oxygen atoms in total. The highest BCUT2D eigenvalue weighted by Gasteiger charge is 2.05. The maximum atomic E-state index is 11.0. The third-order valence-electron chi connectivity index (χ3n) is 1.95. The second-order valence-corrected chi connectivity index (χ2v) is 3.28. The monoisotopic (exact) mass is 239 g/mol. The average Bonchev–Trinajstić information content (AvgIpc) is 2.30. The molecule has 0 unspecified atom stereocenters. The predicted octanol–water partition coefficient (Wildman–Crippen LogP) is 2.27. The van der Waals surface area contributed by atoms with Crippen molar-refractivity contribution >= 4 is 11.7 Å². The Hall–Kier alpha value is -2.11. The predicted molar refractivity (Wildman–Crippen MR) is 59.6 cm³/mol. The van der Waals surface area contributed by atoms with Gasteiger partial charge in [-0.3, -0.25) is 14.9 Å². The van der Waals surface area contributed by atoms with Gasteiger partial charge in [0, 0.05) is 18.6 Å². The van der Waals surface area contributed by atoms with Crippen molar-refractivity contribution in [3.05, 3.63) is 34.4 Å². The summed E-state index contributed by atoms with van der Waals surface area (Å²) >= 11 is 0. The minimum atomic E-state index is -0.495. The van der Waals surface area contributed by atoms with E-state index in [1.54, 1.807) is 0 Å². The van der Waals surface area contributed by atoms with Gasteiger partial charge in [-0.2, -0.15) is 0 Å². The normalized spacial score (nSPS) is 9.71. The molecule has 0 fully saturated rings. The number of ether oxygens (including phenoxy) is 2. The van der Waals surface area contributed by atoms with Crippen molar-refractivity contribution in [2.24, 2.45) is 0 Å². The highest BCUT2D eigenvalue weighted by molar-refractivity contribution is 5.69. The van der Waals surface area contributed by atoms with E-state index in [1.165, 1.54) is 24.3 Å². The van der Waals surface area contributed by atoms with Crippen molar-refractivity contribution < 1.29 is 19.2 Å². The molecule has 0 bridgehead atoms. The molecule has 0 amide bonds. The summed E-state index contributed by atoms with van der Waals surface area (Å²) in [7, 11) is 0. The van der Waals surface area contributed by atoms with Crippen LogP contribution in [-0.2, 0) is 9.53 Å². The second-order valence-electron chi connectivity index (χ2n) is 3.28. The van der Waals surface area contributed by atoms with E-state index < -0.39 is 4.92 Å². The Morgan fingerprint density at radius 3 is 2.53 bits per heavy atom. The molecule has 1 aromatic rings. The minimum Gasteiger partial charge on any atom is -0.457 e. The molecule has 17 heavy (non-hydrogen) atoms. The summed E-state index contributed by atoms with van der Waals surface area (Å²) in [6.45, 7) is 1.69. The van der Waals surface area contributed by atoms with E-state index in [1.807, 2.05) is 6.92 Å². The molecule has 0 N–H and O–H groups in total. The summed E-state index contributed by atoms with van der Waals surface area (Å²) in [6, 6.07) is 5.55. The highest BCUT2D eigenvalue weighted by atomic mass is 16.7. The van der Waals surface area contributed by atoms with E-state index >= 15 is 0 Å². The lowest BCUT2D eigenvalue weighted by Gasteiger charge is -2.06. The van der Waals surface area contributed by atoms with Gasteiger partial charge >= 0.3 is 5.97 Å². The van der Waals surface area contributed by atoms with Crippen molar-refractivity contribution in [3.8, 4) is 5.75 Å². The third kappa shape index (κ3) is 4.50. The molecule has 0 atom stereocenters. The smallest absolute Gasteiger partial charge is 0.308 e. The van der Waals surface area contributed by atoms with Crippen LogP contribution in [0.1, 0.15) is 19.8 Å². The molecule has 0 spiro atoms. The van der Waals surface area contributed by atoms with Crippen LogP contribution in [0.3, 0.4) is 0 Å². The van der Waals surface area contributed by atoms with Gasteiger partial charge in [0.05, 0.1) is 4.92 Å². The minimum absolute atomic E-state index is 0.0136. The molecule has 1 rings (SSSR count). The third-order valence-corrected chi connectivity index (χ3v) is 1.95. The fourth-order valence-electron chi connectivity index (χ4n) is 1.10. The van der Waals surface area contributed by atoms with Gasteiger partial charge in [0.2, 0.25) is 6.79 Å². The summed E-state index contributed by atoms with van der Waals surface area (Å²) < 4.78 is 9.86. The zero-order valence-electron chi connectivity index (χ0n) is 9.42. The lowest BCUT2D eigenvalue weighted by atomic mass is 10.3. The van der Waals surface area contributed by atoms with Crippen LogP contribution in [-0.4, -0.2) is 17.7 Å². The molecule has 0 aliphatic carbocycles. The first-order valence-electron chi connectivity index (χ1n) is 5.16. The van der Waals surface area contributed by atoms with Gasteiger partial charge in [-0.25, -0.2) is 0 Å². The number of carbonyl (C=O) groups excluding carboxylic acids is 1. The van der Waals surface area contributed by atoms with Crippen molar-refractivity contribution in [1.29, 1.82) is 0 Å². The van der Waals surface area contributed by atoms with Gasteiger partial charge in [0.1, 0.15) is 5.75 Å². The summed E-state index contributed by atoms with van der Waals surface area (Å²) in [6.07, 6.45) is 1.07. The van der Waals surface area contributed by atoms with Crippen molar-refractivity contribution in [1.82, 2.24) is 0 Å². The number of benzene rings is 1. The van der Waals surface area contributed by atoms with Crippen LogP contribution in [0, 0.1) is 10.1 Å². The highest BCUT2D eigenvalue weighted by Crippen LogP contribution is 2.17. The summed E-state index contributed by atoms with van der Waals surface area (Å²) in [5.74, 6) is 0.0920. The number of hydrogen-bond donors (Lipinski definition) is 0. The lowest BCUT2D eigenvalue weighted by molar-refractivity contribution is -0.384. The van der Waals surface area contributed by atoms with E-state index in [-0.39, 0.29) is 18.4 Å². The van der Waals surface area contributed by atoms with Gasteiger partial charge in [-0.15, -0.1) is 0 Å². The van der Waals surface area contributed by atoms with Crippen LogP contribution in [0.5, 0.6) is 5.75 Å².